The van der Waals surface area contributed by atoms with Crippen molar-refractivity contribution in [1.29, 1.82) is 0 Å². The van der Waals surface area contributed by atoms with E-state index >= 15 is 0 Å². The van der Waals surface area contributed by atoms with Gasteiger partial charge in [-0.3, -0.25) is 9.59 Å². The highest BCUT2D eigenvalue weighted by Crippen LogP contribution is 2.26. The van der Waals surface area contributed by atoms with Crippen molar-refractivity contribution in [2.75, 3.05) is 11.4 Å². The van der Waals surface area contributed by atoms with Crippen molar-refractivity contribution >= 4 is 17.5 Å². The molecule has 2 rings (SSSR count). The van der Waals surface area contributed by atoms with E-state index in [-0.39, 0.29) is 6.04 Å². The van der Waals surface area contributed by atoms with Crippen LogP contribution in [0.4, 0.5) is 5.69 Å². The van der Waals surface area contributed by atoms with Gasteiger partial charge in [-0.2, -0.15) is 0 Å². The Morgan fingerprint density at radius 3 is 2.84 bits per heavy atom. The average Bonchev–Trinajstić information content (AvgIpc) is 2.45. The first-order chi connectivity index (χ1) is 9.13. The maximum absolute atomic E-state index is 12.2. The number of amides is 2. The number of hydrogen-bond donors (Lipinski definition) is 1. The first kappa shape index (κ1) is 13.6. The Morgan fingerprint density at radius 2 is 2.11 bits per heavy atom. The molecule has 0 radical (unpaired) electrons. The quantitative estimate of drug-likeness (QED) is 0.825. The molecule has 4 nitrogen and oxygen atoms in total. The molecule has 0 saturated heterocycles. The summed E-state index contributed by atoms with van der Waals surface area (Å²) in [5.74, 6) is -0.960. The Bertz CT molecular complexity index is 485. The zero-order valence-electron chi connectivity index (χ0n) is 11.5. The van der Waals surface area contributed by atoms with Crippen molar-refractivity contribution < 1.29 is 9.59 Å². The van der Waals surface area contributed by atoms with Crippen LogP contribution in [0.3, 0.4) is 0 Å². The number of nitrogens with zero attached hydrogens (tertiary/aromatic N) is 1. The molecule has 1 atom stereocenters. The van der Waals surface area contributed by atoms with E-state index in [1.165, 1.54) is 0 Å². The molecule has 0 bridgehead atoms. The van der Waals surface area contributed by atoms with E-state index in [2.05, 4.69) is 5.32 Å². The standard InChI is InChI=1S/C15H20N2O2/c1-3-11(2)16-14(18)15(19)17-10-6-8-12-7-4-5-9-13(12)17/h4-5,7,9,11H,3,6,8,10H2,1-2H3,(H,16,18). The van der Waals surface area contributed by atoms with Gasteiger partial charge in [0.1, 0.15) is 0 Å². The van der Waals surface area contributed by atoms with Crippen molar-refractivity contribution in [3.05, 3.63) is 29.8 Å². The van der Waals surface area contributed by atoms with Crippen LogP contribution in [0, 0.1) is 0 Å². The van der Waals surface area contributed by atoms with Crippen molar-refractivity contribution in [2.45, 2.75) is 39.2 Å². The van der Waals surface area contributed by atoms with Gasteiger partial charge in [0.2, 0.25) is 0 Å². The molecule has 1 unspecified atom stereocenters. The first-order valence-electron chi connectivity index (χ1n) is 6.83. The van der Waals surface area contributed by atoms with Crippen LogP contribution in [0.25, 0.3) is 0 Å². The topological polar surface area (TPSA) is 49.4 Å². The minimum Gasteiger partial charge on any atom is -0.345 e. The molecule has 0 saturated carbocycles. The number of aryl methyl sites for hydroxylation is 1. The fourth-order valence-electron chi connectivity index (χ4n) is 2.25. The summed E-state index contributed by atoms with van der Waals surface area (Å²) in [4.78, 5) is 25.7. The highest BCUT2D eigenvalue weighted by molar-refractivity contribution is 6.40. The third-order valence-corrected chi connectivity index (χ3v) is 3.54. The van der Waals surface area contributed by atoms with E-state index in [4.69, 9.17) is 0 Å². The van der Waals surface area contributed by atoms with E-state index < -0.39 is 11.8 Å². The SMILES string of the molecule is CCC(C)NC(=O)C(=O)N1CCCc2ccccc21. The fourth-order valence-corrected chi connectivity index (χ4v) is 2.25. The second kappa shape index (κ2) is 5.87. The first-order valence-corrected chi connectivity index (χ1v) is 6.83. The predicted molar refractivity (Wildman–Crippen MR) is 75.0 cm³/mol. The van der Waals surface area contributed by atoms with Crippen molar-refractivity contribution in [1.82, 2.24) is 5.32 Å². The van der Waals surface area contributed by atoms with Crippen LogP contribution in [-0.4, -0.2) is 24.4 Å². The van der Waals surface area contributed by atoms with Crippen LogP contribution in [0.1, 0.15) is 32.3 Å². The Kier molecular flexibility index (Phi) is 4.20. The maximum atomic E-state index is 12.2. The van der Waals surface area contributed by atoms with E-state index in [9.17, 15) is 9.59 Å². The molecule has 1 aromatic rings. The van der Waals surface area contributed by atoms with Gasteiger partial charge < -0.3 is 10.2 Å². The van der Waals surface area contributed by atoms with Gasteiger partial charge in [-0.1, -0.05) is 25.1 Å². The monoisotopic (exact) mass is 260 g/mol. The Morgan fingerprint density at radius 1 is 1.37 bits per heavy atom. The third-order valence-electron chi connectivity index (χ3n) is 3.54. The van der Waals surface area contributed by atoms with Gasteiger partial charge in [-0.25, -0.2) is 0 Å². The summed E-state index contributed by atoms with van der Waals surface area (Å²) < 4.78 is 0. The normalized spacial score (nSPS) is 15.6. The van der Waals surface area contributed by atoms with Crippen LogP contribution in [-0.2, 0) is 16.0 Å². The summed E-state index contributed by atoms with van der Waals surface area (Å²) in [6.07, 6.45) is 2.68. The molecule has 1 heterocycles. The van der Waals surface area contributed by atoms with Crippen LogP contribution in [0.2, 0.25) is 0 Å². The lowest BCUT2D eigenvalue weighted by Gasteiger charge is -2.29. The summed E-state index contributed by atoms with van der Waals surface area (Å²) in [6.45, 7) is 4.49. The second-order valence-electron chi connectivity index (χ2n) is 4.97. The minimum absolute atomic E-state index is 0.0245. The molecule has 1 N–H and O–H groups in total. The third kappa shape index (κ3) is 2.95. The van der Waals surface area contributed by atoms with Crippen LogP contribution in [0.15, 0.2) is 24.3 Å². The summed E-state index contributed by atoms with van der Waals surface area (Å²) in [5.41, 5.74) is 2.01. The lowest BCUT2D eigenvalue weighted by Crippen LogP contribution is -2.47. The average molecular weight is 260 g/mol. The van der Waals surface area contributed by atoms with Gasteiger partial charge in [0.25, 0.3) is 0 Å². The number of hydrogen-bond acceptors (Lipinski definition) is 2. The zero-order valence-corrected chi connectivity index (χ0v) is 11.5. The number of para-hydroxylation sites is 1. The molecule has 1 aliphatic heterocycles. The van der Waals surface area contributed by atoms with Gasteiger partial charge in [0.05, 0.1) is 0 Å². The number of carbonyl (C=O) groups is 2. The van der Waals surface area contributed by atoms with Gasteiger partial charge in [0.15, 0.2) is 0 Å². The molecular weight excluding hydrogens is 240 g/mol. The highest BCUT2D eigenvalue weighted by atomic mass is 16.2. The molecule has 102 valence electrons. The Hall–Kier alpha value is -1.84. The van der Waals surface area contributed by atoms with E-state index in [0.29, 0.717) is 6.54 Å². The van der Waals surface area contributed by atoms with Crippen molar-refractivity contribution in [2.24, 2.45) is 0 Å². The molecule has 0 aliphatic carbocycles. The number of carbonyl (C=O) groups excluding carboxylic acids is 2. The number of fused-ring (bicyclic) bond motifs is 1. The fraction of sp³-hybridized carbons (Fsp3) is 0.467. The smallest absolute Gasteiger partial charge is 0.316 e. The predicted octanol–water partition coefficient (Wildman–Crippen LogP) is 1.88. The van der Waals surface area contributed by atoms with E-state index in [1.54, 1.807) is 4.90 Å². The van der Waals surface area contributed by atoms with Crippen molar-refractivity contribution in [3.8, 4) is 0 Å². The van der Waals surface area contributed by atoms with Gasteiger partial charge in [-0.15, -0.1) is 0 Å². The molecule has 19 heavy (non-hydrogen) atoms. The Balaban J connectivity index is 2.15. The number of rotatable bonds is 2. The molecule has 4 heteroatoms. The largest absolute Gasteiger partial charge is 0.345 e. The number of benzene rings is 1. The van der Waals surface area contributed by atoms with Crippen molar-refractivity contribution in [3.63, 3.8) is 0 Å². The lowest BCUT2D eigenvalue weighted by atomic mass is 10.0. The second-order valence-corrected chi connectivity index (χ2v) is 4.97. The maximum Gasteiger partial charge on any atom is 0.316 e. The summed E-state index contributed by atoms with van der Waals surface area (Å²) in [5, 5.41) is 2.73. The van der Waals surface area contributed by atoms with Crippen LogP contribution < -0.4 is 10.2 Å². The van der Waals surface area contributed by atoms with E-state index in [0.717, 1.165) is 30.5 Å². The van der Waals surface area contributed by atoms with Gasteiger partial charge in [0, 0.05) is 18.3 Å². The molecule has 1 aliphatic rings. The number of anilines is 1. The molecule has 0 aromatic heterocycles. The van der Waals surface area contributed by atoms with E-state index in [1.807, 2.05) is 38.1 Å². The molecular formula is C15H20N2O2. The number of nitrogens with one attached hydrogen (secondary N) is 1. The summed E-state index contributed by atoms with van der Waals surface area (Å²) in [7, 11) is 0. The van der Waals surface area contributed by atoms with Crippen LogP contribution in [0.5, 0.6) is 0 Å². The minimum atomic E-state index is -0.508. The molecule has 0 spiro atoms. The highest BCUT2D eigenvalue weighted by Gasteiger charge is 2.27. The van der Waals surface area contributed by atoms with Gasteiger partial charge >= 0.3 is 11.8 Å². The van der Waals surface area contributed by atoms with Gasteiger partial charge in [-0.05, 0) is 37.8 Å². The summed E-state index contributed by atoms with van der Waals surface area (Å²) in [6, 6.07) is 7.81. The lowest BCUT2D eigenvalue weighted by molar-refractivity contribution is -0.138. The Labute approximate surface area is 113 Å². The zero-order chi connectivity index (χ0) is 13.8. The molecule has 1 aromatic carbocycles. The molecule has 0 fully saturated rings. The summed E-state index contributed by atoms with van der Waals surface area (Å²) >= 11 is 0. The molecule has 2 amide bonds. The van der Waals surface area contributed by atoms with Crippen LogP contribution >= 0.6 is 0 Å².